The molecule has 0 aliphatic heterocycles. The molecule has 0 amide bonds. The first-order chi connectivity index (χ1) is 39.6. The molecule has 1 N–H and O–H groups in total. The Hall–Kier alpha value is -5.39. The van der Waals surface area contributed by atoms with Gasteiger partial charge in [-0.3, -0.25) is 4.79 Å². The Labute approximate surface area is 499 Å². The van der Waals surface area contributed by atoms with Gasteiger partial charge in [0.05, 0.1) is 19.1 Å². The summed E-state index contributed by atoms with van der Waals surface area (Å²) in [5, 5.41) is 9.83. The molecule has 1 atom stereocenters. The fourth-order valence-electron chi connectivity index (χ4n) is 10.0. The minimum Gasteiger partial charge on any atom is -0.508 e. The van der Waals surface area contributed by atoms with Crippen LogP contribution in [-0.4, -0.2) is 102 Å². The Morgan fingerprint density at radius 2 is 0.907 bits per heavy atom. The molecule has 4 aromatic rings. The Morgan fingerprint density at radius 3 is 1.22 bits per heavy atom. The van der Waals surface area contributed by atoms with Gasteiger partial charge in [0.2, 0.25) is 0 Å². The van der Waals surface area contributed by atoms with E-state index in [-0.39, 0.29) is 59.7 Å². The van der Waals surface area contributed by atoms with E-state index in [0.29, 0.717) is 48.1 Å². The summed E-state index contributed by atoms with van der Waals surface area (Å²) in [7, 11) is -0.362. The van der Waals surface area contributed by atoms with Crippen LogP contribution in [0.25, 0.3) is 12.2 Å². The number of esters is 1. The summed E-state index contributed by atoms with van der Waals surface area (Å²) >= 11 is 0. The van der Waals surface area contributed by atoms with Crippen molar-refractivity contribution < 1.29 is 95.4 Å². The molecule has 0 radical (unpaired) electrons. The molecule has 0 unspecified atom stereocenters. The van der Waals surface area contributed by atoms with E-state index in [1.54, 1.807) is 58.0 Å². The van der Waals surface area contributed by atoms with Crippen molar-refractivity contribution >= 4 is 26.4 Å². The maximum atomic E-state index is 13.8. The molecule has 0 bridgehead atoms. The van der Waals surface area contributed by atoms with Gasteiger partial charge in [-0.05, 0) is 158 Å². The van der Waals surface area contributed by atoms with Gasteiger partial charge in [0.1, 0.15) is 31.7 Å². The minimum atomic E-state index is -5.79. The van der Waals surface area contributed by atoms with Crippen LogP contribution in [0.5, 0.6) is 11.5 Å². The number of carbonyl (C=O) groups is 1. The standard InChI is InChI=1S/C38H54F6O6Si.C26H30F6O3/c1-12-35(13-2,29-16-15-28(26(4)21-29)19-20-36(37(39,40)41,38(42,43)44)49-25-46-9)30-17-18-32(27(5)22-30)48-24-31(23-33(45)47-14-3)50-51(10,11)34(6,7)8;1-6-23(7-2,21-10-11-22(33)18(4)15-21)20-9-8-19(17(3)14-20)12-13-24(25(27,28)29,26(30,31)32)35-16-34-5/h15-22,31H,12-14,23-25H2,1-11H3;8-15,33H,6-7,16H2,1-5H3/b20-19+;13-12+/t31-;/m1./s1. The first-order valence-corrected chi connectivity index (χ1v) is 31.1. The zero-order valence-electron chi connectivity index (χ0n) is 51.9. The molecule has 4 aromatic carbocycles. The highest BCUT2D eigenvalue weighted by Crippen LogP contribution is 2.50. The zero-order chi connectivity index (χ0) is 65.7. The van der Waals surface area contributed by atoms with E-state index in [0.717, 1.165) is 54.2 Å². The highest BCUT2D eigenvalue weighted by molar-refractivity contribution is 6.74. The number of phenols is 1. The van der Waals surface area contributed by atoms with Crippen LogP contribution < -0.4 is 4.74 Å². The van der Waals surface area contributed by atoms with Crippen LogP contribution >= 0.6 is 0 Å². The number of phenolic OH excluding ortho intramolecular Hbond substituents is 1. The summed E-state index contributed by atoms with van der Waals surface area (Å²) in [6.07, 6.45) is -19.3. The normalized spacial score (nSPS) is 14.0. The number of rotatable bonds is 26. The van der Waals surface area contributed by atoms with E-state index in [9.17, 15) is 62.6 Å². The van der Waals surface area contributed by atoms with Crippen LogP contribution in [0.1, 0.15) is 143 Å². The fourth-order valence-corrected chi connectivity index (χ4v) is 11.3. The smallest absolute Gasteiger partial charge is 0.430 e. The molecule has 0 aromatic heterocycles. The Morgan fingerprint density at radius 1 is 0.547 bits per heavy atom. The van der Waals surface area contributed by atoms with Crippen molar-refractivity contribution in [3.8, 4) is 11.5 Å². The second-order valence-corrected chi connectivity index (χ2v) is 27.5. The summed E-state index contributed by atoms with van der Waals surface area (Å²) in [5.74, 6) is 0.432. The van der Waals surface area contributed by atoms with Crippen molar-refractivity contribution in [2.45, 2.75) is 186 Å². The number of hydrogen-bond acceptors (Lipinski definition) is 9. The minimum absolute atomic E-state index is 0.00235. The molecular formula is C64H84F12O9Si. The van der Waals surface area contributed by atoms with Crippen molar-refractivity contribution in [3.63, 3.8) is 0 Å². The van der Waals surface area contributed by atoms with Crippen molar-refractivity contribution in [2.75, 3.05) is 41.0 Å². The number of ether oxygens (including phenoxy) is 6. The number of aryl methyl sites for hydroxylation is 4. The molecule has 0 fully saturated rings. The average molecular weight is 1250 g/mol. The fraction of sp³-hybridized carbons (Fsp3) is 0.547. The second-order valence-electron chi connectivity index (χ2n) is 22.8. The van der Waals surface area contributed by atoms with E-state index in [2.05, 4.69) is 52.8 Å². The first kappa shape index (κ1) is 74.9. The lowest BCUT2D eigenvalue weighted by Crippen LogP contribution is -2.57. The van der Waals surface area contributed by atoms with Gasteiger partial charge >= 0.3 is 30.7 Å². The van der Waals surface area contributed by atoms with Gasteiger partial charge in [-0.25, -0.2) is 0 Å². The molecule has 0 aliphatic rings. The predicted molar refractivity (Wildman–Crippen MR) is 312 cm³/mol. The van der Waals surface area contributed by atoms with E-state index in [1.807, 2.05) is 65.0 Å². The summed E-state index contributed by atoms with van der Waals surface area (Å²) in [6, 6.07) is 21.2. The van der Waals surface area contributed by atoms with Gasteiger partial charge < -0.3 is 38.0 Å². The van der Waals surface area contributed by atoms with E-state index >= 15 is 0 Å². The highest BCUT2D eigenvalue weighted by Gasteiger charge is 2.72. The quantitative estimate of drug-likeness (QED) is 0.0285. The summed E-state index contributed by atoms with van der Waals surface area (Å²) in [5.41, 5.74) is -3.44. The zero-order valence-corrected chi connectivity index (χ0v) is 52.9. The van der Waals surface area contributed by atoms with Crippen LogP contribution in [0.2, 0.25) is 18.1 Å². The van der Waals surface area contributed by atoms with Gasteiger partial charge in [-0.15, -0.1) is 0 Å². The summed E-state index contributed by atoms with van der Waals surface area (Å²) in [4.78, 5) is 12.4. The molecule has 0 spiro atoms. The number of aromatic hydroxyl groups is 1. The SMILES string of the molecule is CCC(CC)(c1ccc(O)c(C)c1)c1ccc(/C=C/C(OCOC)(C(F)(F)F)C(F)(F)F)c(C)c1.CCOC(=O)C[C@H](COc1ccc(C(CC)(CC)c2ccc(/C=C/C(OCOC)(C(F)(F)F)C(F)(F)F)c(C)c2)cc1C)O[Si](C)(C)C(C)(C)C. The van der Waals surface area contributed by atoms with Gasteiger partial charge in [0.15, 0.2) is 8.32 Å². The molecular weight excluding hydrogens is 1170 g/mol. The lowest BCUT2D eigenvalue weighted by Gasteiger charge is -2.39. The van der Waals surface area contributed by atoms with Gasteiger partial charge in [0.25, 0.3) is 11.2 Å². The lowest BCUT2D eigenvalue weighted by atomic mass is 9.70. The van der Waals surface area contributed by atoms with Crippen LogP contribution in [0.4, 0.5) is 52.7 Å². The van der Waals surface area contributed by atoms with Gasteiger partial charge in [0, 0.05) is 25.0 Å². The third-order valence-electron chi connectivity index (χ3n) is 16.4. The number of methoxy groups -OCH3 is 2. The molecule has 0 saturated heterocycles. The molecule has 86 heavy (non-hydrogen) atoms. The maximum Gasteiger partial charge on any atom is 0.430 e. The number of benzene rings is 4. The van der Waals surface area contributed by atoms with E-state index < -0.39 is 74.7 Å². The second kappa shape index (κ2) is 29.7. The molecule has 4 rings (SSSR count). The van der Waals surface area contributed by atoms with Gasteiger partial charge in [-0.1, -0.05) is 121 Å². The predicted octanol–water partition coefficient (Wildman–Crippen LogP) is 18.2. The maximum absolute atomic E-state index is 13.8. The monoisotopic (exact) mass is 1250 g/mol. The largest absolute Gasteiger partial charge is 0.508 e. The molecule has 0 saturated carbocycles. The number of carbonyl (C=O) groups excluding carboxylic acids is 1. The molecule has 0 aliphatic carbocycles. The molecule has 0 heterocycles. The van der Waals surface area contributed by atoms with E-state index in [1.165, 1.54) is 12.1 Å². The highest BCUT2D eigenvalue weighted by atomic mass is 28.4. The van der Waals surface area contributed by atoms with Crippen molar-refractivity contribution in [1.29, 1.82) is 0 Å². The van der Waals surface area contributed by atoms with Gasteiger partial charge in [-0.2, -0.15) is 52.7 Å². The molecule has 22 heteroatoms. The van der Waals surface area contributed by atoms with E-state index in [4.69, 9.17) is 13.9 Å². The van der Waals surface area contributed by atoms with Crippen LogP contribution in [-0.2, 0) is 43.7 Å². The first-order valence-electron chi connectivity index (χ1n) is 28.1. The number of hydrogen-bond donors (Lipinski definition) is 1. The summed E-state index contributed by atoms with van der Waals surface area (Å²) < 4.78 is 200. The van der Waals surface area contributed by atoms with Crippen LogP contribution in [0.15, 0.2) is 84.9 Å². The van der Waals surface area contributed by atoms with Crippen molar-refractivity contribution in [1.82, 2.24) is 0 Å². The third kappa shape index (κ3) is 17.1. The third-order valence-corrected chi connectivity index (χ3v) is 21.0. The number of alkyl halides is 12. The Bertz CT molecular complexity index is 2870. The molecule has 482 valence electrons. The Kier molecular flexibility index (Phi) is 25.9. The van der Waals surface area contributed by atoms with Crippen molar-refractivity contribution in [3.05, 3.63) is 141 Å². The van der Waals surface area contributed by atoms with Crippen LogP contribution in [0.3, 0.4) is 0 Å². The lowest BCUT2D eigenvalue weighted by molar-refractivity contribution is -0.372. The number of halogens is 12. The topological polar surface area (TPSA) is 102 Å². The van der Waals surface area contributed by atoms with Crippen molar-refractivity contribution in [2.24, 2.45) is 0 Å². The Balaban J connectivity index is 0.000000482. The molecule has 9 nitrogen and oxygen atoms in total. The average Bonchev–Trinajstić information content (AvgIpc) is 0.845. The summed E-state index contributed by atoms with van der Waals surface area (Å²) in [6.45, 7) is 25.4. The van der Waals surface area contributed by atoms with Crippen LogP contribution in [0, 0.1) is 27.7 Å².